The van der Waals surface area contributed by atoms with Crippen molar-refractivity contribution in [3.63, 3.8) is 0 Å². The molecular formula is C28H38S14. The Labute approximate surface area is 314 Å². The predicted molar refractivity (Wildman–Crippen MR) is 230 cm³/mol. The van der Waals surface area contributed by atoms with E-state index < -0.39 is 0 Å². The van der Waals surface area contributed by atoms with Crippen LogP contribution in [0.4, 0.5) is 0 Å². The number of hydrogen-bond donors (Lipinski definition) is 0. The van der Waals surface area contributed by atoms with Crippen molar-refractivity contribution in [1.29, 1.82) is 0 Å². The maximum Gasteiger partial charge on any atom is 0.0717 e. The van der Waals surface area contributed by atoms with Gasteiger partial charge in [-0.3, -0.25) is 0 Å². The van der Waals surface area contributed by atoms with Crippen molar-refractivity contribution in [1.82, 2.24) is 0 Å². The second-order valence-corrected chi connectivity index (χ2v) is 25.1. The Bertz CT molecular complexity index is 978. The van der Waals surface area contributed by atoms with Crippen molar-refractivity contribution in [2.24, 2.45) is 0 Å². The fourth-order valence-electron chi connectivity index (χ4n) is 3.96. The Morgan fingerprint density at radius 2 is 0.714 bits per heavy atom. The van der Waals surface area contributed by atoms with Crippen molar-refractivity contribution in [3.8, 4) is 0 Å². The maximum atomic E-state index is 2.38. The number of rotatable bonds is 19. The summed E-state index contributed by atoms with van der Waals surface area (Å²) in [6.07, 6.45) is 22.8. The lowest BCUT2D eigenvalue weighted by Gasteiger charge is -2.05. The molecule has 0 aromatic rings. The first kappa shape index (κ1) is 38.1. The van der Waals surface area contributed by atoms with Crippen LogP contribution in [0.1, 0.15) is 64.2 Å². The highest BCUT2D eigenvalue weighted by atomic mass is 32.3. The molecule has 4 aliphatic rings. The normalized spacial score (nSPS) is 19.3. The van der Waals surface area contributed by atoms with Gasteiger partial charge in [-0.05, 0) is 60.2 Å². The second kappa shape index (κ2) is 22.1. The van der Waals surface area contributed by atoms with Gasteiger partial charge in [0.1, 0.15) is 0 Å². The number of thioether (sulfide) groups is 14. The van der Waals surface area contributed by atoms with Crippen LogP contribution < -0.4 is 0 Å². The third-order valence-electron chi connectivity index (χ3n) is 6.09. The lowest BCUT2D eigenvalue weighted by molar-refractivity contribution is 0.564. The molecule has 0 saturated carbocycles. The van der Waals surface area contributed by atoms with Crippen LogP contribution in [0, 0.1) is 0 Å². The van der Waals surface area contributed by atoms with E-state index in [1.54, 1.807) is 0 Å². The molecule has 0 radical (unpaired) electrons. The standard InChI is InChI=1S/C28H38S14/c1-29-21-22(30-2)40-27(39-21)25-35-17-19(37-25)33-15-13-11-9-7-5-6-8-10-12-14-16-34-20-18-36-26(38-20)28-41-23(31-3)24(32-4)42-28/h17-18H,5-16H2,1-4H3. The lowest BCUT2D eigenvalue weighted by Crippen LogP contribution is -1.85. The Balaban J connectivity index is 0.923. The maximum absolute atomic E-state index is 2.38. The topological polar surface area (TPSA) is 0 Å². The van der Waals surface area contributed by atoms with Crippen molar-refractivity contribution < 1.29 is 0 Å². The van der Waals surface area contributed by atoms with Gasteiger partial charge in [-0.25, -0.2) is 0 Å². The zero-order chi connectivity index (χ0) is 29.6. The van der Waals surface area contributed by atoms with Gasteiger partial charge in [0.25, 0.3) is 0 Å². The summed E-state index contributed by atoms with van der Waals surface area (Å²) in [5.41, 5.74) is 0. The summed E-state index contributed by atoms with van der Waals surface area (Å²) in [4.78, 5) is 0. The smallest absolute Gasteiger partial charge is 0.0717 e. The minimum absolute atomic E-state index is 1.27. The fourth-order valence-corrected chi connectivity index (χ4v) is 22.1. The van der Waals surface area contributed by atoms with E-state index in [0.717, 1.165) is 0 Å². The SMILES string of the molecule is CSC1=C(SC)SC(=C2SC=C(SCCCCCCCCCCCCSC3=CSC(=C4SC(SC)=C(SC)S4)S3)S2)S1. The van der Waals surface area contributed by atoms with Crippen LogP contribution in [0.25, 0.3) is 0 Å². The summed E-state index contributed by atoms with van der Waals surface area (Å²) in [5, 5.41) is 4.75. The lowest BCUT2D eigenvalue weighted by atomic mass is 10.1. The van der Waals surface area contributed by atoms with E-state index in [2.05, 4.69) is 59.4 Å². The molecule has 234 valence electrons. The van der Waals surface area contributed by atoms with E-state index in [9.17, 15) is 0 Å². The summed E-state index contributed by atoms with van der Waals surface area (Å²) >= 11 is 27.4. The third kappa shape index (κ3) is 12.7. The van der Waals surface area contributed by atoms with Gasteiger partial charge in [-0.2, -0.15) is 0 Å². The van der Waals surface area contributed by atoms with Crippen LogP contribution in [-0.2, 0) is 0 Å². The zero-order valence-corrected chi connectivity index (χ0v) is 35.8. The molecule has 0 amide bonds. The second-order valence-electron chi connectivity index (χ2n) is 9.07. The molecule has 42 heavy (non-hydrogen) atoms. The fraction of sp³-hybridized carbons (Fsp3) is 0.571. The zero-order valence-electron chi connectivity index (χ0n) is 24.4. The summed E-state index contributed by atoms with van der Waals surface area (Å²) in [5.74, 6) is 2.54. The molecule has 4 rings (SSSR count). The first-order valence-corrected chi connectivity index (χ1v) is 27.4. The van der Waals surface area contributed by atoms with Crippen LogP contribution in [-0.4, -0.2) is 36.5 Å². The van der Waals surface area contributed by atoms with Gasteiger partial charge in [-0.15, -0.1) is 70.6 Å². The van der Waals surface area contributed by atoms with Crippen LogP contribution in [0.15, 0.2) is 53.2 Å². The van der Waals surface area contributed by atoms with Crippen molar-refractivity contribution in [2.75, 3.05) is 36.5 Å². The number of unbranched alkanes of at least 4 members (excludes halogenated alkanes) is 9. The van der Waals surface area contributed by atoms with Gasteiger partial charge in [0.15, 0.2) is 0 Å². The first-order valence-electron chi connectivity index (χ1n) is 13.8. The Morgan fingerprint density at radius 3 is 1.02 bits per heavy atom. The van der Waals surface area contributed by atoms with Gasteiger partial charge in [0, 0.05) is 0 Å². The molecule has 0 aromatic heterocycles. The van der Waals surface area contributed by atoms with Gasteiger partial charge < -0.3 is 0 Å². The van der Waals surface area contributed by atoms with E-state index in [4.69, 9.17) is 0 Å². The molecule has 0 aromatic carbocycles. The molecule has 14 heteroatoms. The summed E-state index contributed by atoms with van der Waals surface area (Å²) < 4.78 is 14.8. The van der Waals surface area contributed by atoms with Crippen molar-refractivity contribution in [3.05, 3.63) is 53.2 Å². The van der Waals surface area contributed by atoms with E-state index >= 15 is 0 Å². The molecule has 4 aliphatic heterocycles. The van der Waals surface area contributed by atoms with Crippen LogP contribution in [0.5, 0.6) is 0 Å². The van der Waals surface area contributed by atoms with E-state index in [-0.39, 0.29) is 0 Å². The number of hydrogen-bond acceptors (Lipinski definition) is 14. The van der Waals surface area contributed by atoms with Crippen LogP contribution >= 0.6 is 165 Å². The third-order valence-corrected chi connectivity index (χ3v) is 25.2. The summed E-state index contributed by atoms with van der Waals surface area (Å²) in [6.45, 7) is 0. The predicted octanol–water partition coefficient (Wildman–Crippen LogP) is 15.8. The summed E-state index contributed by atoms with van der Waals surface area (Å²) in [7, 11) is 0. The van der Waals surface area contributed by atoms with Crippen molar-refractivity contribution in [2.45, 2.75) is 64.2 Å². The van der Waals surface area contributed by atoms with Gasteiger partial charge in [0.05, 0.1) is 42.4 Å². The van der Waals surface area contributed by atoms with Gasteiger partial charge >= 0.3 is 0 Å². The Hall–Kier alpha value is 3.34. The molecule has 0 fully saturated rings. The van der Waals surface area contributed by atoms with E-state index in [1.807, 2.05) is 141 Å². The van der Waals surface area contributed by atoms with Crippen LogP contribution in [0.2, 0.25) is 0 Å². The molecule has 0 unspecified atom stereocenters. The Kier molecular flexibility index (Phi) is 20.1. The molecule has 0 nitrogen and oxygen atoms in total. The molecule has 0 atom stereocenters. The van der Waals surface area contributed by atoms with Gasteiger partial charge in [0.2, 0.25) is 0 Å². The summed E-state index contributed by atoms with van der Waals surface area (Å²) in [6, 6.07) is 0. The average Bonchev–Trinajstić information content (AvgIpc) is 3.82. The van der Waals surface area contributed by atoms with Crippen LogP contribution in [0.3, 0.4) is 0 Å². The molecule has 0 aliphatic carbocycles. The molecule has 0 bridgehead atoms. The highest BCUT2D eigenvalue weighted by Gasteiger charge is 2.27. The quantitative estimate of drug-likeness (QED) is 0.114. The highest BCUT2D eigenvalue weighted by molar-refractivity contribution is 8.44. The molecule has 0 spiro atoms. The van der Waals surface area contributed by atoms with Gasteiger partial charge in [-0.1, -0.05) is 145 Å². The van der Waals surface area contributed by atoms with E-state index in [1.165, 1.54) is 118 Å². The monoisotopic (exact) mass is 822 g/mol. The minimum atomic E-state index is 1.27. The molecule has 4 heterocycles. The first-order chi connectivity index (χ1) is 20.6. The van der Waals surface area contributed by atoms with Crippen molar-refractivity contribution >= 4 is 165 Å². The van der Waals surface area contributed by atoms with E-state index in [0.29, 0.717) is 0 Å². The minimum Gasteiger partial charge on any atom is -0.121 e. The largest absolute Gasteiger partial charge is 0.121 e. The molecule has 0 saturated heterocycles. The Morgan fingerprint density at radius 1 is 0.405 bits per heavy atom. The molecular weight excluding hydrogens is 785 g/mol. The average molecular weight is 824 g/mol. The molecule has 0 N–H and O–H groups in total. The highest BCUT2D eigenvalue weighted by Crippen LogP contribution is 2.64.